The van der Waals surface area contributed by atoms with Gasteiger partial charge in [-0.25, -0.2) is 4.98 Å². The predicted molar refractivity (Wildman–Crippen MR) is 138 cm³/mol. The number of rotatable bonds is 3. The molecule has 3 aromatic carbocycles. The number of hydrogen-bond acceptors (Lipinski definition) is 1. The van der Waals surface area contributed by atoms with Crippen LogP contribution in [0, 0.1) is 6.92 Å². The quantitative estimate of drug-likeness (QED) is 0.257. The number of aromatic nitrogens is 2. The molecule has 0 unspecified atom stereocenters. The molecule has 0 aliphatic carbocycles. The summed E-state index contributed by atoms with van der Waals surface area (Å²) in [4.78, 5) is 8.39. The highest BCUT2D eigenvalue weighted by Crippen LogP contribution is 2.34. The van der Waals surface area contributed by atoms with Gasteiger partial charge >= 0.3 is 0 Å². The zero-order chi connectivity index (χ0) is 22.5. The molecule has 0 saturated carbocycles. The first kappa shape index (κ1) is 22.4. The van der Waals surface area contributed by atoms with Gasteiger partial charge in [0, 0.05) is 33.8 Å². The molecular formula is C27H21Cl3N2. The van der Waals surface area contributed by atoms with E-state index in [0.29, 0.717) is 0 Å². The van der Waals surface area contributed by atoms with Gasteiger partial charge in [0.25, 0.3) is 0 Å². The lowest BCUT2D eigenvalue weighted by Gasteiger charge is -2.10. The van der Waals surface area contributed by atoms with Crippen LogP contribution in [-0.4, -0.2) is 14.3 Å². The van der Waals surface area contributed by atoms with Gasteiger partial charge in [0.2, 0.25) is 0 Å². The highest BCUT2D eigenvalue weighted by atomic mass is 35.6. The van der Waals surface area contributed by atoms with Crippen LogP contribution in [0.1, 0.15) is 5.56 Å². The van der Waals surface area contributed by atoms with Gasteiger partial charge in [-0.15, -0.1) is 0 Å². The Bertz CT molecular complexity index is 1250. The fraction of sp³-hybridized carbons (Fsp3) is 0.0741. The van der Waals surface area contributed by atoms with Crippen molar-refractivity contribution in [2.45, 2.75) is 11.2 Å². The Morgan fingerprint density at radius 1 is 0.688 bits per heavy atom. The van der Waals surface area contributed by atoms with Gasteiger partial charge in [0.15, 0.2) is 4.30 Å². The van der Waals surface area contributed by atoms with Crippen molar-refractivity contribution in [1.29, 1.82) is 0 Å². The fourth-order valence-corrected chi connectivity index (χ4v) is 3.68. The van der Waals surface area contributed by atoms with Crippen molar-refractivity contribution in [2.75, 3.05) is 0 Å². The van der Waals surface area contributed by atoms with Crippen LogP contribution in [0.5, 0.6) is 0 Å². The van der Waals surface area contributed by atoms with Gasteiger partial charge in [-0.3, -0.25) is 0 Å². The maximum absolute atomic E-state index is 4.97. The number of pyridine rings is 1. The highest BCUT2D eigenvalue weighted by Gasteiger charge is 2.12. The first-order valence-electron chi connectivity index (χ1n) is 10.1. The van der Waals surface area contributed by atoms with Crippen LogP contribution >= 0.6 is 34.8 Å². The minimum atomic E-state index is -0.750. The van der Waals surface area contributed by atoms with Crippen molar-refractivity contribution in [3.63, 3.8) is 0 Å². The molecule has 0 aliphatic rings. The molecule has 2 aromatic heterocycles. The Kier molecular flexibility index (Phi) is 7.16. The van der Waals surface area contributed by atoms with Crippen LogP contribution in [-0.2, 0) is 0 Å². The van der Waals surface area contributed by atoms with E-state index in [1.54, 1.807) is 0 Å². The molecule has 2 nitrogen and oxygen atoms in total. The summed E-state index contributed by atoms with van der Waals surface area (Å²) in [7, 11) is 0. The molecule has 0 atom stereocenters. The fourth-order valence-electron chi connectivity index (χ4n) is 3.68. The van der Waals surface area contributed by atoms with E-state index in [1.807, 2.05) is 12.1 Å². The number of nitrogens with zero attached hydrogens (tertiary/aromatic N) is 1. The molecule has 32 heavy (non-hydrogen) atoms. The van der Waals surface area contributed by atoms with Crippen LogP contribution < -0.4 is 0 Å². The summed E-state index contributed by atoms with van der Waals surface area (Å²) in [5, 5.41) is 1.23. The van der Waals surface area contributed by atoms with Gasteiger partial charge < -0.3 is 4.98 Å². The van der Waals surface area contributed by atoms with Crippen LogP contribution in [0.25, 0.3) is 44.5 Å². The van der Waals surface area contributed by atoms with E-state index in [-0.39, 0.29) is 0 Å². The van der Waals surface area contributed by atoms with E-state index in [1.165, 1.54) is 22.1 Å². The Morgan fingerprint density at radius 3 is 1.75 bits per heavy atom. The zero-order valence-corrected chi connectivity index (χ0v) is 19.7. The smallest absolute Gasteiger partial charge is 0.180 e. The molecule has 0 radical (unpaired) electrons. The highest BCUT2D eigenvalue weighted by molar-refractivity contribution is 6.63. The molecule has 0 bridgehead atoms. The Balaban J connectivity index is 0.000000567. The van der Waals surface area contributed by atoms with Crippen molar-refractivity contribution in [3.8, 4) is 33.6 Å². The second kappa shape index (κ2) is 10.2. The van der Waals surface area contributed by atoms with Crippen molar-refractivity contribution in [2.24, 2.45) is 0 Å². The molecule has 0 fully saturated rings. The van der Waals surface area contributed by atoms with Crippen molar-refractivity contribution < 1.29 is 0 Å². The molecule has 0 amide bonds. The summed E-state index contributed by atoms with van der Waals surface area (Å²) in [6.45, 7) is 2.12. The SMILES string of the molecule is Cc1ccc2c(-c3cc(-c4ccccc4)nc(-c4ccccc4)c3)c[nH]c2c1.ClC(Cl)Cl. The van der Waals surface area contributed by atoms with Crippen molar-refractivity contribution in [1.82, 2.24) is 9.97 Å². The minimum absolute atomic E-state index is 0.750. The Hall–Kier alpha value is -2.78. The van der Waals surface area contributed by atoms with E-state index in [4.69, 9.17) is 39.8 Å². The lowest BCUT2D eigenvalue weighted by molar-refractivity contribution is 1.32. The summed E-state index contributed by atoms with van der Waals surface area (Å²) < 4.78 is -0.750. The summed E-state index contributed by atoms with van der Waals surface area (Å²) in [6.07, 6.45) is 2.10. The number of aryl methyl sites for hydroxylation is 1. The monoisotopic (exact) mass is 478 g/mol. The van der Waals surface area contributed by atoms with E-state index in [0.717, 1.165) is 28.0 Å². The minimum Gasteiger partial charge on any atom is -0.361 e. The number of H-pyrrole nitrogens is 1. The number of benzene rings is 3. The number of alkyl halides is 3. The normalized spacial score (nSPS) is 10.8. The Labute approximate surface area is 202 Å². The summed E-state index contributed by atoms with van der Waals surface area (Å²) >= 11 is 14.4. The predicted octanol–water partition coefficient (Wildman–Crippen LogP) is 8.86. The Morgan fingerprint density at radius 2 is 1.22 bits per heavy atom. The summed E-state index contributed by atoms with van der Waals surface area (Å²) in [5.41, 5.74) is 9.00. The second-order valence-corrected chi connectivity index (χ2v) is 9.34. The molecule has 5 heteroatoms. The number of halogens is 3. The zero-order valence-electron chi connectivity index (χ0n) is 17.4. The average Bonchev–Trinajstić information content (AvgIpc) is 3.23. The molecule has 2 heterocycles. The molecule has 0 spiro atoms. The van der Waals surface area contributed by atoms with Crippen LogP contribution in [0.2, 0.25) is 0 Å². The first-order chi connectivity index (χ1) is 15.5. The molecule has 5 aromatic rings. The molecule has 0 saturated heterocycles. The third-order valence-corrected chi connectivity index (χ3v) is 5.11. The maximum Gasteiger partial charge on any atom is 0.180 e. The molecule has 1 N–H and O–H groups in total. The standard InChI is InChI=1S/C26H20N2.CHCl3/c1-18-12-13-22-23(17-27-26(22)14-18)21-15-24(19-8-4-2-5-9-19)28-25(16-21)20-10-6-3-7-11-20;2-1(3)4/h2-17,27H,1H3;1H. The van der Waals surface area contributed by atoms with E-state index in [9.17, 15) is 0 Å². The number of aromatic amines is 1. The third kappa shape index (κ3) is 5.34. The van der Waals surface area contributed by atoms with Crippen molar-refractivity contribution in [3.05, 3.63) is 103 Å². The van der Waals surface area contributed by atoms with Gasteiger partial charge in [0.05, 0.1) is 11.4 Å². The van der Waals surface area contributed by atoms with Gasteiger partial charge in [-0.2, -0.15) is 0 Å². The van der Waals surface area contributed by atoms with E-state index >= 15 is 0 Å². The summed E-state index contributed by atoms with van der Waals surface area (Å²) in [6, 6.07) is 31.7. The number of fused-ring (bicyclic) bond motifs is 1. The molecular weight excluding hydrogens is 459 g/mol. The largest absolute Gasteiger partial charge is 0.361 e. The van der Waals surface area contributed by atoms with Crippen LogP contribution in [0.4, 0.5) is 0 Å². The second-order valence-electron chi connectivity index (χ2n) is 7.36. The van der Waals surface area contributed by atoms with E-state index < -0.39 is 4.30 Å². The first-order valence-corrected chi connectivity index (χ1v) is 11.5. The molecule has 5 rings (SSSR count). The third-order valence-electron chi connectivity index (χ3n) is 5.11. The molecule has 0 aliphatic heterocycles. The van der Waals surface area contributed by atoms with Crippen LogP contribution in [0.3, 0.4) is 0 Å². The van der Waals surface area contributed by atoms with Crippen LogP contribution in [0.15, 0.2) is 97.2 Å². The van der Waals surface area contributed by atoms with Gasteiger partial charge in [-0.1, -0.05) is 108 Å². The molecule has 160 valence electrons. The average molecular weight is 480 g/mol. The maximum atomic E-state index is 4.97. The van der Waals surface area contributed by atoms with Gasteiger partial charge in [0.1, 0.15) is 0 Å². The lowest BCUT2D eigenvalue weighted by Crippen LogP contribution is -1.90. The number of nitrogens with one attached hydrogen (secondary N) is 1. The van der Waals surface area contributed by atoms with Gasteiger partial charge in [-0.05, 0) is 36.2 Å². The number of hydrogen-bond donors (Lipinski definition) is 1. The lowest BCUT2D eigenvalue weighted by atomic mass is 9.99. The van der Waals surface area contributed by atoms with E-state index in [2.05, 4.69) is 97.0 Å². The van der Waals surface area contributed by atoms with Crippen molar-refractivity contribution >= 4 is 45.7 Å². The summed E-state index contributed by atoms with van der Waals surface area (Å²) in [5.74, 6) is 0. The topological polar surface area (TPSA) is 28.7 Å².